The van der Waals surface area contributed by atoms with Crippen molar-refractivity contribution in [3.05, 3.63) is 57.2 Å². The molecule has 110 valence electrons. The maximum absolute atomic E-state index is 11.7. The Kier molecular flexibility index (Phi) is 5.07. The van der Waals surface area contributed by atoms with Crippen LogP contribution >= 0.6 is 15.9 Å². The number of hydrazine groups is 1. The number of carbonyl (C=O) groups excluding carboxylic acids is 1. The molecule has 0 bridgehead atoms. The molecule has 0 unspecified atom stereocenters. The zero-order valence-electron chi connectivity index (χ0n) is 11.0. The summed E-state index contributed by atoms with van der Waals surface area (Å²) in [5, 5.41) is 0. The molecule has 0 saturated carbocycles. The third-order valence-electron chi connectivity index (χ3n) is 2.69. The molecule has 7 nitrogen and oxygen atoms in total. The molecule has 21 heavy (non-hydrogen) atoms. The van der Waals surface area contributed by atoms with Gasteiger partial charge in [-0.1, -0.05) is 6.07 Å². The van der Waals surface area contributed by atoms with Gasteiger partial charge in [0.1, 0.15) is 16.8 Å². The standard InChI is InChI=1S/C13H13BrN4O3/c14-11-7-16-8-18(13(11)20)4-5-21-10-3-1-2-9(6-10)12(19)17-15/h1-3,6-8H,4-5,15H2,(H,17,19). The van der Waals surface area contributed by atoms with Crippen molar-refractivity contribution in [1.29, 1.82) is 0 Å². The monoisotopic (exact) mass is 352 g/mol. The zero-order valence-corrected chi connectivity index (χ0v) is 12.5. The minimum atomic E-state index is -0.396. The van der Waals surface area contributed by atoms with Crippen LogP contribution in [0.15, 0.2) is 46.1 Å². The molecule has 0 aliphatic carbocycles. The van der Waals surface area contributed by atoms with Gasteiger partial charge < -0.3 is 4.74 Å². The molecular weight excluding hydrogens is 340 g/mol. The largest absolute Gasteiger partial charge is 0.492 e. The number of halogens is 1. The van der Waals surface area contributed by atoms with E-state index in [-0.39, 0.29) is 12.2 Å². The fourth-order valence-electron chi connectivity index (χ4n) is 1.66. The van der Waals surface area contributed by atoms with Gasteiger partial charge in [0.2, 0.25) is 0 Å². The Hall–Kier alpha value is -2.19. The molecule has 1 aromatic heterocycles. The fraction of sp³-hybridized carbons (Fsp3) is 0.154. The van der Waals surface area contributed by atoms with Crippen LogP contribution in [0, 0.1) is 0 Å². The highest BCUT2D eigenvalue weighted by Gasteiger charge is 2.05. The molecular formula is C13H13BrN4O3. The van der Waals surface area contributed by atoms with Gasteiger partial charge in [0, 0.05) is 11.8 Å². The molecule has 2 rings (SSSR count). The van der Waals surface area contributed by atoms with Gasteiger partial charge in [0.25, 0.3) is 11.5 Å². The van der Waals surface area contributed by atoms with Crippen molar-refractivity contribution in [2.24, 2.45) is 5.84 Å². The Morgan fingerprint density at radius 3 is 3.05 bits per heavy atom. The van der Waals surface area contributed by atoms with Gasteiger partial charge in [-0.05, 0) is 34.1 Å². The van der Waals surface area contributed by atoms with Gasteiger partial charge in [0.15, 0.2) is 0 Å². The lowest BCUT2D eigenvalue weighted by Crippen LogP contribution is -2.29. The second-order valence-electron chi connectivity index (χ2n) is 4.09. The maximum Gasteiger partial charge on any atom is 0.267 e. The van der Waals surface area contributed by atoms with Crippen LogP contribution in [0.25, 0.3) is 0 Å². The lowest BCUT2D eigenvalue weighted by molar-refractivity contribution is 0.0953. The molecule has 1 heterocycles. The van der Waals surface area contributed by atoms with E-state index in [0.717, 1.165) is 0 Å². The predicted octanol–water partition coefficient (Wildman–Crippen LogP) is 0.688. The van der Waals surface area contributed by atoms with Crippen LogP contribution in [0.2, 0.25) is 0 Å². The van der Waals surface area contributed by atoms with Gasteiger partial charge in [-0.2, -0.15) is 0 Å². The molecule has 0 atom stereocenters. The quantitative estimate of drug-likeness (QED) is 0.468. The number of nitrogens with two attached hydrogens (primary N) is 1. The molecule has 0 radical (unpaired) electrons. The van der Waals surface area contributed by atoms with E-state index in [1.165, 1.54) is 17.1 Å². The summed E-state index contributed by atoms with van der Waals surface area (Å²) in [6.07, 6.45) is 2.88. The van der Waals surface area contributed by atoms with E-state index in [0.29, 0.717) is 22.3 Å². The minimum absolute atomic E-state index is 0.176. The Bertz CT molecular complexity index is 702. The second-order valence-corrected chi connectivity index (χ2v) is 4.94. The third-order valence-corrected chi connectivity index (χ3v) is 3.23. The van der Waals surface area contributed by atoms with E-state index in [4.69, 9.17) is 10.6 Å². The normalized spacial score (nSPS) is 10.2. The van der Waals surface area contributed by atoms with E-state index >= 15 is 0 Å². The van der Waals surface area contributed by atoms with E-state index in [1.54, 1.807) is 24.3 Å². The summed E-state index contributed by atoms with van der Waals surface area (Å²) < 4.78 is 7.34. The van der Waals surface area contributed by atoms with Crippen LogP contribution in [-0.2, 0) is 6.54 Å². The first kappa shape index (κ1) is 15.2. The number of aromatic nitrogens is 2. The van der Waals surface area contributed by atoms with Gasteiger partial charge in [-0.3, -0.25) is 19.6 Å². The van der Waals surface area contributed by atoms with Crippen LogP contribution < -0.4 is 21.6 Å². The molecule has 0 fully saturated rings. The lowest BCUT2D eigenvalue weighted by atomic mass is 10.2. The average Bonchev–Trinajstić information content (AvgIpc) is 2.51. The topological polar surface area (TPSA) is 99.2 Å². The van der Waals surface area contributed by atoms with Crippen LogP contribution in [0.1, 0.15) is 10.4 Å². The number of benzene rings is 1. The average molecular weight is 353 g/mol. The summed E-state index contributed by atoms with van der Waals surface area (Å²) in [6.45, 7) is 0.615. The Labute approximate surface area is 128 Å². The highest BCUT2D eigenvalue weighted by Crippen LogP contribution is 2.13. The first-order valence-electron chi connectivity index (χ1n) is 6.05. The van der Waals surface area contributed by atoms with E-state index in [2.05, 4.69) is 26.3 Å². The predicted molar refractivity (Wildman–Crippen MR) is 79.8 cm³/mol. The highest BCUT2D eigenvalue weighted by molar-refractivity contribution is 9.10. The zero-order chi connectivity index (χ0) is 15.2. The first-order valence-corrected chi connectivity index (χ1v) is 6.85. The summed E-state index contributed by atoms with van der Waals surface area (Å²) >= 11 is 3.12. The summed E-state index contributed by atoms with van der Waals surface area (Å²) in [7, 11) is 0. The van der Waals surface area contributed by atoms with Crippen LogP contribution in [0.4, 0.5) is 0 Å². The molecule has 0 spiro atoms. The molecule has 0 aliphatic rings. The van der Waals surface area contributed by atoms with Gasteiger partial charge in [-0.15, -0.1) is 0 Å². The van der Waals surface area contributed by atoms with Gasteiger partial charge >= 0.3 is 0 Å². The summed E-state index contributed by atoms with van der Waals surface area (Å²) in [5.74, 6) is 5.20. The molecule has 0 saturated heterocycles. The summed E-state index contributed by atoms with van der Waals surface area (Å²) in [6, 6.07) is 6.60. The number of amides is 1. The minimum Gasteiger partial charge on any atom is -0.492 e. The number of hydrogen-bond donors (Lipinski definition) is 2. The number of ether oxygens (including phenoxy) is 1. The van der Waals surface area contributed by atoms with Crippen molar-refractivity contribution in [1.82, 2.24) is 15.0 Å². The molecule has 1 amide bonds. The van der Waals surface area contributed by atoms with Crippen molar-refractivity contribution in [2.45, 2.75) is 6.54 Å². The van der Waals surface area contributed by atoms with Crippen molar-refractivity contribution in [2.75, 3.05) is 6.61 Å². The third kappa shape index (κ3) is 3.89. The summed E-state index contributed by atoms with van der Waals surface area (Å²) in [4.78, 5) is 27.1. The molecule has 3 N–H and O–H groups in total. The Morgan fingerprint density at radius 1 is 1.48 bits per heavy atom. The molecule has 8 heteroatoms. The number of carbonyl (C=O) groups is 1. The Morgan fingerprint density at radius 2 is 2.29 bits per heavy atom. The number of nitrogen functional groups attached to an aromatic ring is 1. The number of rotatable bonds is 5. The lowest BCUT2D eigenvalue weighted by Gasteiger charge is -2.09. The maximum atomic E-state index is 11.7. The van der Waals surface area contributed by atoms with Gasteiger partial charge in [-0.25, -0.2) is 10.8 Å². The second kappa shape index (κ2) is 7.00. The number of nitrogens with zero attached hydrogens (tertiary/aromatic N) is 2. The van der Waals surface area contributed by atoms with Crippen LogP contribution in [-0.4, -0.2) is 22.1 Å². The summed E-state index contributed by atoms with van der Waals surface area (Å²) in [5.41, 5.74) is 2.27. The SMILES string of the molecule is NNC(=O)c1cccc(OCCn2cncc(Br)c2=O)c1. The van der Waals surface area contributed by atoms with E-state index < -0.39 is 5.91 Å². The van der Waals surface area contributed by atoms with Crippen LogP contribution in [0.3, 0.4) is 0 Å². The van der Waals surface area contributed by atoms with Crippen molar-refractivity contribution in [3.63, 3.8) is 0 Å². The number of hydrogen-bond acceptors (Lipinski definition) is 5. The van der Waals surface area contributed by atoms with Gasteiger partial charge in [0.05, 0.1) is 12.9 Å². The van der Waals surface area contributed by atoms with Crippen molar-refractivity contribution >= 4 is 21.8 Å². The van der Waals surface area contributed by atoms with Crippen molar-refractivity contribution < 1.29 is 9.53 Å². The molecule has 1 aromatic carbocycles. The highest BCUT2D eigenvalue weighted by atomic mass is 79.9. The van der Waals surface area contributed by atoms with Crippen LogP contribution in [0.5, 0.6) is 5.75 Å². The Balaban J connectivity index is 1.99. The molecule has 0 aliphatic heterocycles. The van der Waals surface area contributed by atoms with E-state index in [9.17, 15) is 9.59 Å². The smallest absolute Gasteiger partial charge is 0.267 e. The van der Waals surface area contributed by atoms with Crippen molar-refractivity contribution in [3.8, 4) is 5.75 Å². The molecule has 2 aromatic rings. The fourth-order valence-corrected chi connectivity index (χ4v) is 2.00. The first-order chi connectivity index (χ1) is 10.1. The van der Waals surface area contributed by atoms with E-state index in [1.807, 2.05) is 0 Å². The number of nitrogens with one attached hydrogen (secondary N) is 1.